The van der Waals surface area contributed by atoms with Crippen LogP contribution in [0.25, 0.3) is 10.2 Å². The van der Waals surface area contributed by atoms with E-state index in [1.807, 2.05) is 4.90 Å². The van der Waals surface area contributed by atoms with Gasteiger partial charge in [0.05, 0.1) is 5.39 Å². The Labute approximate surface area is 164 Å². The van der Waals surface area contributed by atoms with Gasteiger partial charge in [0.25, 0.3) is 0 Å². The second-order valence-electron chi connectivity index (χ2n) is 7.00. The van der Waals surface area contributed by atoms with Crippen molar-refractivity contribution in [3.63, 3.8) is 0 Å². The molecule has 2 fully saturated rings. The highest BCUT2D eigenvalue weighted by molar-refractivity contribution is 7.18. The van der Waals surface area contributed by atoms with Crippen LogP contribution in [-0.2, 0) is 4.79 Å². The van der Waals surface area contributed by atoms with Crippen molar-refractivity contribution in [3.05, 3.63) is 16.8 Å². The molecule has 2 aliphatic heterocycles. The molecule has 2 aliphatic rings. The molecule has 26 heavy (non-hydrogen) atoms. The fourth-order valence-corrected chi connectivity index (χ4v) is 4.88. The number of piperazine rings is 1. The molecule has 2 aromatic rings. The van der Waals surface area contributed by atoms with Gasteiger partial charge in [-0.2, -0.15) is 0 Å². The van der Waals surface area contributed by atoms with Crippen LogP contribution < -0.4 is 10.2 Å². The summed E-state index contributed by atoms with van der Waals surface area (Å²) in [6.07, 6.45) is 3.50. The lowest BCUT2D eigenvalue weighted by Gasteiger charge is -2.36. The summed E-state index contributed by atoms with van der Waals surface area (Å²) in [4.78, 5) is 28.5. The van der Waals surface area contributed by atoms with Gasteiger partial charge in [0.2, 0.25) is 5.91 Å². The van der Waals surface area contributed by atoms with E-state index in [2.05, 4.69) is 34.0 Å². The van der Waals surface area contributed by atoms with Gasteiger partial charge in [-0.05, 0) is 32.3 Å². The van der Waals surface area contributed by atoms with Crippen molar-refractivity contribution in [2.24, 2.45) is 5.92 Å². The molecule has 0 spiro atoms. The van der Waals surface area contributed by atoms with E-state index in [-0.39, 0.29) is 18.3 Å². The van der Waals surface area contributed by atoms with Gasteiger partial charge in [-0.1, -0.05) is 0 Å². The summed E-state index contributed by atoms with van der Waals surface area (Å²) in [7, 11) is 0. The third-order valence-corrected chi connectivity index (χ3v) is 6.63. The fraction of sp³-hybridized carbons (Fsp3) is 0.611. The maximum atomic E-state index is 12.7. The largest absolute Gasteiger partial charge is 0.356 e. The Morgan fingerprint density at radius 3 is 2.54 bits per heavy atom. The number of carbonyl (C=O) groups excluding carboxylic acids is 1. The lowest BCUT2D eigenvalue weighted by atomic mass is 9.94. The summed E-state index contributed by atoms with van der Waals surface area (Å²) in [5.74, 6) is 1.55. The number of hydrogen-bond acceptors (Lipinski definition) is 6. The maximum absolute atomic E-state index is 12.7. The first kappa shape index (κ1) is 19.3. The van der Waals surface area contributed by atoms with Gasteiger partial charge in [-0.3, -0.25) is 4.79 Å². The molecule has 0 aromatic carbocycles. The van der Waals surface area contributed by atoms with Crippen LogP contribution in [0.5, 0.6) is 0 Å². The molecule has 8 heteroatoms. The van der Waals surface area contributed by atoms with Crippen LogP contribution in [0.15, 0.2) is 6.33 Å². The number of rotatable bonds is 2. The Morgan fingerprint density at radius 1 is 1.15 bits per heavy atom. The van der Waals surface area contributed by atoms with E-state index in [1.165, 1.54) is 15.8 Å². The number of nitrogens with one attached hydrogen (secondary N) is 1. The standard InChI is InChI=1S/C18H25N5OS.ClH/c1-12-13(2)25-17-15(12)16(20-11-21-17)22-7-3-14(4-8-22)18(24)23-9-5-19-6-10-23;/h11,14,19H,3-10H2,1-2H3;1H. The van der Waals surface area contributed by atoms with Crippen LogP contribution in [0, 0.1) is 19.8 Å². The number of anilines is 1. The predicted octanol–water partition coefficient (Wildman–Crippen LogP) is 2.38. The smallest absolute Gasteiger partial charge is 0.225 e. The molecule has 0 bridgehead atoms. The third-order valence-electron chi connectivity index (χ3n) is 5.52. The first-order valence-corrected chi connectivity index (χ1v) is 9.92. The van der Waals surface area contributed by atoms with Crippen molar-refractivity contribution in [2.45, 2.75) is 26.7 Å². The number of aryl methyl sites for hydroxylation is 2. The van der Waals surface area contributed by atoms with Crippen LogP contribution >= 0.6 is 23.7 Å². The summed E-state index contributed by atoms with van der Waals surface area (Å²) in [6, 6.07) is 0. The Kier molecular flexibility index (Phi) is 5.99. The SMILES string of the molecule is Cc1sc2ncnc(N3CCC(C(=O)N4CCNCC4)CC3)c2c1C.Cl. The second-order valence-corrected chi connectivity index (χ2v) is 8.20. The Morgan fingerprint density at radius 2 is 1.85 bits per heavy atom. The number of fused-ring (bicyclic) bond motifs is 1. The van der Waals surface area contributed by atoms with E-state index >= 15 is 0 Å². The summed E-state index contributed by atoms with van der Waals surface area (Å²) in [5.41, 5.74) is 1.29. The lowest BCUT2D eigenvalue weighted by molar-refractivity contribution is -0.136. The fourth-order valence-electron chi connectivity index (χ4n) is 3.89. The van der Waals surface area contributed by atoms with Crippen molar-refractivity contribution >= 4 is 45.7 Å². The molecule has 6 nitrogen and oxygen atoms in total. The Balaban J connectivity index is 0.00000196. The van der Waals surface area contributed by atoms with Gasteiger partial charge >= 0.3 is 0 Å². The Bertz CT molecular complexity index is 781. The minimum Gasteiger partial charge on any atom is -0.356 e. The van der Waals surface area contributed by atoms with E-state index in [9.17, 15) is 4.79 Å². The van der Waals surface area contributed by atoms with Crippen LogP contribution in [0.3, 0.4) is 0 Å². The molecule has 0 saturated carbocycles. The topological polar surface area (TPSA) is 61.4 Å². The summed E-state index contributed by atoms with van der Waals surface area (Å²) >= 11 is 1.74. The molecular formula is C18H26ClN5OS. The average Bonchev–Trinajstić information content (AvgIpc) is 2.96. The third kappa shape index (κ3) is 3.52. The zero-order chi connectivity index (χ0) is 17.4. The number of carbonyl (C=O) groups is 1. The number of hydrogen-bond donors (Lipinski definition) is 1. The average molecular weight is 396 g/mol. The molecule has 1 amide bonds. The quantitative estimate of drug-likeness (QED) is 0.845. The van der Waals surface area contributed by atoms with Crippen LogP contribution in [0.2, 0.25) is 0 Å². The molecule has 142 valence electrons. The maximum Gasteiger partial charge on any atom is 0.225 e. The number of thiophene rings is 1. The zero-order valence-electron chi connectivity index (χ0n) is 15.3. The van der Waals surface area contributed by atoms with Crippen molar-refractivity contribution in [1.29, 1.82) is 0 Å². The highest BCUT2D eigenvalue weighted by Crippen LogP contribution is 2.35. The number of nitrogens with zero attached hydrogens (tertiary/aromatic N) is 4. The first-order valence-electron chi connectivity index (χ1n) is 9.10. The highest BCUT2D eigenvalue weighted by atomic mass is 35.5. The van der Waals surface area contributed by atoms with Crippen molar-refractivity contribution < 1.29 is 4.79 Å². The summed E-state index contributed by atoms with van der Waals surface area (Å²) < 4.78 is 0. The van der Waals surface area contributed by atoms with Gasteiger partial charge in [-0.15, -0.1) is 23.7 Å². The minimum atomic E-state index is 0. The molecule has 2 aromatic heterocycles. The molecule has 0 unspecified atom stereocenters. The molecule has 4 heterocycles. The van der Waals surface area contributed by atoms with Crippen molar-refractivity contribution in [3.8, 4) is 0 Å². The van der Waals surface area contributed by atoms with Crippen LogP contribution in [-0.4, -0.2) is 60.0 Å². The van der Waals surface area contributed by atoms with Gasteiger partial charge < -0.3 is 15.1 Å². The molecular weight excluding hydrogens is 370 g/mol. The van der Waals surface area contributed by atoms with E-state index in [1.54, 1.807) is 17.7 Å². The van der Waals surface area contributed by atoms with Gasteiger partial charge in [0.1, 0.15) is 17.0 Å². The molecule has 1 N–H and O–H groups in total. The summed E-state index contributed by atoms with van der Waals surface area (Å²) in [6.45, 7) is 9.61. The van der Waals surface area contributed by atoms with Gasteiger partial charge in [0.15, 0.2) is 0 Å². The number of aromatic nitrogens is 2. The zero-order valence-corrected chi connectivity index (χ0v) is 17.0. The molecule has 0 aliphatic carbocycles. The molecule has 0 atom stereocenters. The molecule has 0 radical (unpaired) electrons. The number of piperidine rings is 1. The van der Waals surface area contributed by atoms with E-state index < -0.39 is 0 Å². The lowest BCUT2D eigenvalue weighted by Crippen LogP contribution is -2.50. The van der Waals surface area contributed by atoms with Crippen molar-refractivity contribution in [1.82, 2.24) is 20.2 Å². The Hall–Kier alpha value is -1.44. The predicted molar refractivity (Wildman–Crippen MR) is 109 cm³/mol. The van der Waals surface area contributed by atoms with E-state index in [0.717, 1.165) is 62.8 Å². The van der Waals surface area contributed by atoms with Crippen LogP contribution in [0.1, 0.15) is 23.3 Å². The highest BCUT2D eigenvalue weighted by Gasteiger charge is 2.30. The monoisotopic (exact) mass is 395 g/mol. The normalized spacial score (nSPS) is 18.8. The number of halogens is 1. The summed E-state index contributed by atoms with van der Waals surface area (Å²) in [5, 5.41) is 4.50. The first-order chi connectivity index (χ1) is 12.1. The van der Waals surface area contributed by atoms with Gasteiger partial charge in [0, 0.05) is 50.1 Å². The molecule has 2 saturated heterocycles. The van der Waals surface area contributed by atoms with Crippen LogP contribution in [0.4, 0.5) is 5.82 Å². The molecule has 4 rings (SSSR count). The van der Waals surface area contributed by atoms with Crippen molar-refractivity contribution in [2.75, 3.05) is 44.2 Å². The number of amides is 1. The van der Waals surface area contributed by atoms with E-state index in [0.29, 0.717) is 5.91 Å². The minimum absolute atomic E-state index is 0. The second kappa shape index (κ2) is 8.06. The van der Waals surface area contributed by atoms with Gasteiger partial charge in [-0.25, -0.2) is 9.97 Å². The van der Waals surface area contributed by atoms with E-state index in [4.69, 9.17) is 0 Å².